The van der Waals surface area contributed by atoms with Gasteiger partial charge in [-0.05, 0) is 75.9 Å². The lowest BCUT2D eigenvalue weighted by Gasteiger charge is -2.34. The van der Waals surface area contributed by atoms with Gasteiger partial charge in [0.2, 0.25) is 5.95 Å². The van der Waals surface area contributed by atoms with E-state index in [1.54, 1.807) is 0 Å². The number of aromatic nitrogens is 2. The molecule has 2 aliphatic rings. The van der Waals surface area contributed by atoms with Crippen LogP contribution in [0.1, 0.15) is 63.1 Å². The first-order chi connectivity index (χ1) is 14.9. The van der Waals surface area contributed by atoms with Crippen LogP contribution in [-0.2, 0) is 5.41 Å². The Morgan fingerprint density at radius 3 is 2.74 bits per heavy atom. The van der Waals surface area contributed by atoms with Crippen LogP contribution in [0, 0.1) is 6.92 Å². The number of halogens is 1. The Labute approximate surface area is 196 Å². The molecule has 0 unspecified atom stereocenters. The molecule has 5 nitrogen and oxygen atoms in total. The smallest absolute Gasteiger partial charge is 0.231 e. The Morgan fingerprint density at radius 2 is 2.00 bits per heavy atom. The van der Waals surface area contributed by atoms with E-state index in [1.165, 1.54) is 37.7 Å². The number of thiocarbonyl (C=S) groups is 1. The van der Waals surface area contributed by atoms with Gasteiger partial charge < -0.3 is 15.5 Å². The molecule has 1 aromatic carbocycles. The van der Waals surface area contributed by atoms with Gasteiger partial charge in [-0.25, -0.2) is 4.98 Å². The molecule has 2 aromatic rings. The first-order valence-electron chi connectivity index (χ1n) is 11.4. The summed E-state index contributed by atoms with van der Waals surface area (Å²) < 4.78 is 0. The molecule has 31 heavy (non-hydrogen) atoms. The second-order valence-electron chi connectivity index (χ2n) is 9.03. The third kappa shape index (κ3) is 5.29. The topological polar surface area (TPSA) is 53.1 Å². The van der Waals surface area contributed by atoms with Crippen molar-refractivity contribution in [1.82, 2.24) is 15.3 Å². The number of rotatable bonds is 5. The third-order valence-corrected chi connectivity index (χ3v) is 7.23. The van der Waals surface area contributed by atoms with Gasteiger partial charge in [0.1, 0.15) is 5.82 Å². The molecule has 0 radical (unpaired) electrons. The van der Waals surface area contributed by atoms with E-state index in [-0.39, 0.29) is 5.41 Å². The zero-order valence-electron chi connectivity index (χ0n) is 18.5. The Bertz CT molecular complexity index is 928. The lowest BCUT2D eigenvalue weighted by atomic mass is 9.79. The molecule has 1 saturated carbocycles. The van der Waals surface area contributed by atoms with Crippen molar-refractivity contribution in [2.24, 2.45) is 0 Å². The minimum Gasteiger partial charge on any atom is -0.361 e. The van der Waals surface area contributed by atoms with Crippen LogP contribution >= 0.6 is 23.8 Å². The predicted molar refractivity (Wildman–Crippen MR) is 133 cm³/mol. The van der Waals surface area contributed by atoms with E-state index in [9.17, 15) is 0 Å². The molecule has 1 saturated heterocycles. The van der Waals surface area contributed by atoms with Crippen LogP contribution in [-0.4, -0.2) is 34.2 Å². The van der Waals surface area contributed by atoms with E-state index in [2.05, 4.69) is 45.6 Å². The van der Waals surface area contributed by atoms with Gasteiger partial charge in [0, 0.05) is 41.3 Å². The summed E-state index contributed by atoms with van der Waals surface area (Å²) in [5, 5.41) is 8.02. The molecular formula is C24H32ClN5S. The molecule has 2 fully saturated rings. The highest BCUT2D eigenvalue weighted by atomic mass is 35.5. The summed E-state index contributed by atoms with van der Waals surface area (Å²) in [7, 11) is 0. The molecular weight excluding hydrogens is 426 g/mol. The Balaban J connectivity index is 1.44. The fraction of sp³-hybridized carbons (Fsp3) is 0.542. The van der Waals surface area contributed by atoms with Crippen molar-refractivity contribution < 1.29 is 0 Å². The summed E-state index contributed by atoms with van der Waals surface area (Å²) in [5.41, 5.74) is 2.30. The minimum atomic E-state index is 0.0680. The number of aryl methyl sites for hydroxylation is 1. The Hall–Kier alpha value is -1.92. The van der Waals surface area contributed by atoms with Crippen LogP contribution in [0.15, 0.2) is 30.3 Å². The number of hydrogen-bond donors (Lipinski definition) is 2. The molecule has 4 rings (SSSR count). The van der Waals surface area contributed by atoms with Gasteiger partial charge in [-0.15, -0.1) is 0 Å². The van der Waals surface area contributed by atoms with Crippen molar-refractivity contribution in [3.63, 3.8) is 0 Å². The van der Waals surface area contributed by atoms with Crippen LogP contribution < -0.4 is 15.5 Å². The molecule has 0 amide bonds. The third-order valence-electron chi connectivity index (χ3n) is 6.75. The standard InChI is InChI=1S/C24H32ClN5S/c1-17-14-21(30-13-6-3-8-18(30)2)28-22(27-17)29-23(31)26-16-24(11-4-5-12-24)19-9-7-10-20(25)15-19/h7,9-10,14-15,18H,3-6,8,11-13,16H2,1-2H3,(H2,26,27,28,29,31)/t18-/m0/s1. The van der Waals surface area contributed by atoms with Gasteiger partial charge in [-0.2, -0.15) is 4.98 Å². The first-order valence-corrected chi connectivity index (χ1v) is 12.2. The predicted octanol–water partition coefficient (Wildman–Crippen LogP) is 5.62. The molecule has 2 heterocycles. The summed E-state index contributed by atoms with van der Waals surface area (Å²) in [6.07, 6.45) is 8.44. The molecule has 166 valence electrons. The lowest BCUT2D eigenvalue weighted by Crippen LogP contribution is -2.41. The molecule has 7 heteroatoms. The van der Waals surface area contributed by atoms with E-state index in [0.29, 0.717) is 17.1 Å². The summed E-state index contributed by atoms with van der Waals surface area (Å²) in [6, 6.07) is 10.8. The quantitative estimate of drug-likeness (QED) is 0.568. The maximum absolute atomic E-state index is 6.28. The summed E-state index contributed by atoms with van der Waals surface area (Å²) in [6.45, 7) is 6.10. The molecule has 1 aliphatic carbocycles. The van der Waals surface area contributed by atoms with Crippen molar-refractivity contribution >= 4 is 40.7 Å². The van der Waals surface area contributed by atoms with E-state index < -0.39 is 0 Å². The average Bonchev–Trinajstić information content (AvgIpc) is 3.22. The number of nitrogens with zero attached hydrogens (tertiary/aromatic N) is 3. The molecule has 0 bridgehead atoms. The van der Waals surface area contributed by atoms with Crippen molar-refractivity contribution in [3.05, 3.63) is 46.6 Å². The van der Waals surface area contributed by atoms with Crippen molar-refractivity contribution in [1.29, 1.82) is 0 Å². The largest absolute Gasteiger partial charge is 0.361 e. The van der Waals surface area contributed by atoms with Crippen LogP contribution in [0.25, 0.3) is 0 Å². The molecule has 1 aromatic heterocycles. The van der Waals surface area contributed by atoms with Gasteiger partial charge >= 0.3 is 0 Å². The molecule has 2 N–H and O–H groups in total. The van der Waals surface area contributed by atoms with Gasteiger partial charge in [-0.1, -0.05) is 36.6 Å². The number of nitrogens with one attached hydrogen (secondary N) is 2. The van der Waals surface area contributed by atoms with Gasteiger partial charge in [0.15, 0.2) is 5.11 Å². The Kier molecular flexibility index (Phi) is 6.97. The number of benzene rings is 1. The molecule has 0 spiro atoms. The van der Waals surface area contributed by atoms with Gasteiger partial charge in [0.05, 0.1) is 0 Å². The normalized spacial score (nSPS) is 20.5. The van der Waals surface area contributed by atoms with E-state index >= 15 is 0 Å². The van der Waals surface area contributed by atoms with Crippen molar-refractivity contribution in [3.8, 4) is 0 Å². The van der Waals surface area contributed by atoms with Crippen LogP contribution in [0.4, 0.5) is 11.8 Å². The van der Waals surface area contributed by atoms with E-state index in [0.717, 1.165) is 42.5 Å². The van der Waals surface area contributed by atoms with Gasteiger partial charge in [-0.3, -0.25) is 0 Å². The van der Waals surface area contributed by atoms with Crippen LogP contribution in [0.2, 0.25) is 5.02 Å². The molecule has 1 aliphatic heterocycles. The zero-order valence-corrected chi connectivity index (χ0v) is 20.0. The highest BCUT2D eigenvalue weighted by Crippen LogP contribution is 2.41. The summed E-state index contributed by atoms with van der Waals surface area (Å²) in [4.78, 5) is 11.7. The van der Waals surface area contributed by atoms with Gasteiger partial charge in [0.25, 0.3) is 0 Å². The summed E-state index contributed by atoms with van der Waals surface area (Å²) >= 11 is 11.9. The number of piperidine rings is 1. The fourth-order valence-corrected chi connectivity index (χ4v) is 5.38. The van der Waals surface area contributed by atoms with Crippen molar-refractivity contribution in [2.75, 3.05) is 23.3 Å². The monoisotopic (exact) mass is 457 g/mol. The maximum Gasteiger partial charge on any atom is 0.231 e. The fourth-order valence-electron chi connectivity index (χ4n) is 5.03. The second kappa shape index (κ2) is 9.70. The van der Waals surface area contributed by atoms with E-state index in [1.807, 2.05) is 19.1 Å². The Morgan fingerprint density at radius 1 is 1.19 bits per heavy atom. The zero-order chi connectivity index (χ0) is 21.8. The molecule has 1 atom stereocenters. The highest BCUT2D eigenvalue weighted by molar-refractivity contribution is 7.80. The minimum absolute atomic E-state index is 0.0680. The second-order valence-corrected chi connectivity index (χ2v) is 9.88. The lowest BCUT2D eigenvalue weighted by molar-refractivity contribution is 0.435. The average molecular weight is 458 g/mol. The van der Waals surface area contributed by atoms with Crippen LogP contribution in [0.5, 0.6) is 0 Å². The van der Waals surface area contributed by atoms with E-state index in [4.69, 9.17) is 28.8 Å². The number of hydrogen-bond acceptors (Lipinski definition) is 4. The maximum atomic E-state index is 6.28. The SMILES string of the molecule is Cc1cc(N2CCCC[C@@H]2C)nc(NC(=S)NCC2(c3cccc(Cl)c3)CCCC2)n1. The number of anilines is 2. The highest BCUT2D eigenvalue weighted by Gasteiger charge is 2.35. The van der Waals surface area contributed by atoms with Crippen LogP contribution in [0.3, 0.4) is 0 Å². The van der Waals surface area contributed by atoms with Crippen molar-refractivity contribution in [2.45, 2.75) is 70.3 Å². The summed E-state index contributed by atoms with van der Waals surface area (Å²) in [5.74, 6) is 1.55. The first kappa shape index (κ1) is 22.3.